The summed E-state index contributed by atoms with van der Waals surface area (Å²) in [5.41, 5.74) is 16.8. The summed E-state index contributed by atoms with van der Waals surface area (Å²) in [5, 5.41) is 7.85. The van der Waals surface area contributed by atoms with Crippen LogP contribution in [0.15, 0.2) is 97.1 Å². The maximum atomic E-state index is 13.6. The van der Waals surface area contributed by atoms with Gasteiger partial charge in [-0.2, -0.15) is 0 Å². The largest absolute Gasteiger partial charge is 0.496 e. The molecule has 0 bridgehead atoms. The van der Waals surface area contributed by atoms with Gasteiger partial charge < -0.3 is 31.6 Å². The van der Waals surface area contributed by atoms with Gasteiger partial charge in [-0.15, -0.1) is 0 Å². The second-order valence-electron chi connectivity index (χ2n) is 9.61. The first-order valence-corrected chi connectivity index (χ1v) is 15.1. The van der Waals surface area contributed by atoms with Crippen LogP contribution in [0.3, 0.4) is 0 Å². The zero-order valence-electron chi connectivity index (χ0n) is 23.8. The number of nitrogens with one attached hydrogen (secondary N) is 2. The first-order valence-electron chi connectivity index (χ1n) is 13.5. The van der Waals surface area contributed by atoms with E-state index in [1.165, 1.54) is 22.7 Å². The summed E-state index contributed by atoms with van der Waals surface area (Å²) < 4.78 is 11.4. The normalized spacial score (nSPS) is 10.8. The van der Waals surface area contributed by atoms with E-state index >= 15 is 0 Å². The Morgan fingerprint density at radius 3 is 1.43 bits per heavy atom. The van der Waals surface area contributed by atoms with E-state index in [2.05, 4.69) is 20.6 Å². The number of hydrogen-bond donors (Lipinski definition) is 4. The van der Waals surface area contributed by atoms with Crippen molar-refractivity contribution < 1.29 is 14.3 Å². The highest BCUT2D eigenvalue weighted by atomic mass is 32.1. The van der Waals surface area contributed by atoms with Crippen molar-refractivity contribution in [3.63, 3.8) is 0 Å². The monoisotopic (exact) mass is 620 g/mol. The number of thiazole rings is 2. The van der Waals surface area contributed by atoms with E-state index in [1.807, 2.05) is 72.8 Å². The number of aromatic nitrogens is 2. The van der Waals surface area contributed by atoms with Crippen LogP contribution < -0.4 is 31.6 Å². The zero-order valence-corrected chi connectivity index (χ0v) is 25.5. The van der Waals surface area contributed by atoms with Crippen LogP contribution in [0.5, 0.6) is 11.5 Å². The van der Waals surface area contributed by atoms with Gasteiger partial charge in [0.1, 0.15) is 23.1 Å². The highest BCUT2D eigenvalue weighted by molar-refractivity contribution is 7.20. The lowest BCUT2D eigenvalue weighted by molar-refractivity contribution is 0.103. The summed E-state index contributed by atoms with van der Waals surface area (Å²) in [6.07, 6.45) is 0. The lowest BCUT2D eigenvalue weighted by atomic mass is 9.99. The number of nitrogens with two attached hydrogens (primary N) is 2. The predicted molar refractivity (Wildman–Crippen MR) is 180 cm³/mol. The lowest BCUT2D eigenvalue weighted by Crippen LogP contribution is -2.03. The van der Waals surface area contributed by atoms with Crippen molar-refractivity contribution in [2.75, 3.05) is 36.3 Å². The summed E-state index contributed by atoms with van der Waals surface area (Å²) >= 11 is 2.82. The number of methoxy groups -OCH3 is 2. The molecular weight excluding hydrogens is 593 g/mol. The number of anilines is 6. The highest BCUT2D eigenvalue weighted by Gasteiger charge is 2.21. The molecule has 0 aliphatic heterocycles. The van der Waals surface area contributed by atoms with Crippen LogP contribution in [0.4, 0.5) is 33.3 Å². The SMILES string of the molecule is COc1cc(C(=O)c2ccc(-c3sc(Nc4ccccc4)nc3N)c(OC)c2)ccc1-c1sc(Nc2ccccc2)nc1N. The van der Waals surface area contributed by atoms with E-state index in [9.17, 15) is 4.79 Å². The molecule has 2 heterocycles. The number of ether oxygens (including phenoxy) is 2. The van der Waals surface area contributed by atoms with Crippen molar-refractivity contribution in [1.29, 1.82) is 0 Å². The fraction of sp³-hybridized carbons (Fsp3) is 0.0606. The molecule has 6 N–H and O–H groups in total. The molecular formula is C33H28N6O3S2. The average Bonchev–Trinajstić information content (AvgIpc) is 3.61. The molecule has 11 heteroatoms. The Kier molecular flexibility index (Phi) is 8.13. The Morgan fingerprint density at radius 2 is 1.05 bits per heavy atom. The number of para-hydroxylation sites is 2. The number of carbonyl (C=O) groups excluding carboxylic acids is 1. The van der Waals surface area contributed by atoms with Crippen LogP contribution in [0.2, 0.25) is 0 Å². The molecule has 0 saturated heterocycles. The number of nitrogens with zero attached hydrogens (tertiary/aromatic N) is 2. The zero-order chi connectivity index (χ0) is 30.6. The maximum absolute atomic E-state index is 13.6. The molecule has 0 spiro atoms. The Balaban J connectivity index is 1.25. The molecule has 0 aliphatic carbocycles. The second kappa shape index (κ2) is 12.5. The van der Waals surface area contributed by atoms with E-state index in [0.717, 1.165) is 32.3 Å². The van der Waals surface area contributed by atoms with Crippen molar-refractivity contribution in [3.8, 4) is 32.4 Å². The highest BCUT2D eigenvalue weighted by Crippen LogP contribution is 2.43. The number of nitrogen functional groups attached to an aromatic ring is 2. The molecule has 0 fully saturated rings. The summed E-state index contributed by atoms with van der Waals surface area (Å²) in [5.74, 6) is 1.58. The van der Waals surface area contributed by atoms with Gasteiger partial charge in [0.15, 0.2) is 16.0 Å². The average molecular weight is 621 g/mol. The topological polar surface area (TPSA) is 137 Å². The summed E-state index contributed by atoms with van der Waals surface area (Å²) in [4.78, 5) is 24.1. The van der Waals surface area contributed by atoms with Gasteiger partial charge in [0.2, 0.25) is 0 Å². The van der Waals surface area contributed by atoms with E-state index in [1.54, 1.807) is 38.5 Å². The summed E-state index contributed by atoms with van der Waals surface area (Å²) in [6.45, 7) is 0. The third-order valence-electron chi connectivity index (χ3n) is 6.77. The molecule has 0 aliphatic rings. The molecule has 6 rings (SSSR count). The van der Waals surface area contributed by atoms with Crippen molar-refractivity contribution in [2.24, 2.45) is 0 Å². The quantitative estimate of drug-likeness (QED) is 0.113. The molecule has 44 heavy (non-hydrogen) atoms. The van der Waals surface area contributed by atoms with Crippen LogP contribution in [-0.4, -0.2) is 30.0 Å². The molecule has 0 amide bonds. The van der Waals surface area contributed by atoms with Gasteiger partial charge in [0.05, 0.1) is 24.0 Å². The van der Waals surface area contributed by atoms with Gasteiger partial charge in [-0.05, 0) is 48.5 Å². The van der Waals surface area contributed by atoms with Crippen molar-refractivity contribution >= 4 is 61.7 Å². The van der Waals surface area contributed by atoms with Gasteiger partial charge in [-0.1, -0.05) is 71.2 Å². The van der Waals surface area contributed by atoms with Gasteiger partial charge in [-0.3, -0.25) is 4.79 Å². The third-order valence-corrected chi connectivity index (χ3v) is 8.81. The molecule has 0 atom stereocenters. The van der Waals surface area contributed by atoms with Crippen molar-refractivity contribution in [1.82, 2.24) is 9.97 Å². The van der Waals surface area contributed by atoms with Crippen LogP contribution >= 0.6 is 22.7 Å². The van der Waals surface area contributed by atoms with Gasteiger partial charge >= 0.3 is 0 Å². The second-order valence-corrected chi connectivity index (χ2v) is 11.6. The molecule has 6 aromatic rings. The van der Waals surface area contributed by atoms with Crippen LogP contribution in [0.1, 0.15) is 15.9 Å². The first-order chi connectivity index (χ1) is 21.4. The Labute approximate surface area is 262 Å². The van der Waals surface area contributed by atoms with E-state index in [4.69, 9.17) is 20.9 Å². The van der Waals surface area contributed by atoms with Gasteiger partial charge in [-0.25, -0.2) is 9.97 Å². The van der Waals surface area contributed by atoms with E-state index < -0.39 is 0 Å². The van der Waals surface area contributed by atoms with Crippen molar-refractivity contribution in [2.45, 2.75) is 0 Å². The van der Waals surface area contributed by atoms with Crippen molar-refractivity contribution in [3.05, 3.63) is 108 Å². The summed E-state index contributed by atoms with van der Waals surface area (Å²) in [6, 6.07) is 30.1. The lowest BCUT2D eigenvalue weighted by Gasteiger charge is -2.12. The molecule has 2 aromatic heterocycles. The fourth-order valence-electron chi connectivity index (χ4n) is 4.65. The number of benzene rings is 4. The van der Waals surface area contributed by atoms with Gasteiger partial charge in [0, 0.05) is 33.6 Å². The molecule has 0 radical (unpaired) electrons. The minimum absolute atomic E-state index is 0.188. The number of carbonyl (C=O) groups is 1. The minimum Gasteiger partial charge on any atom is -0.496 e. The number of ketones is 1. The first kappa shape index (κ1) is 28.7. The van der Waals surface area contributed by atoms with E-state index in [0.29, 0.717) is 44.5 Å². The summed E-state index contributed by atoms with van der Waals surface area (Å²) in [7, 11) is 3.12. The maximum Gasteiger partial charge on any atom is 0.193 e. The number of rotatable bonds is 10. The standard InChI is InChI=1S/C33H28N6O3S2/c1-41-25-17-19(13-15-23(25)28-30(34)38-32(43-28)36-21-9-5-3-6-10-21)27(40)20-14-16-24(26(18-20)42-2)29-31(35)39-33(44-29)37-22-11-7-4-8-12-22/h3-18H,34-35H2,1-2H3,(H,36,38)(H,37,39). The predicted octanol–water partition coefficient (Wildman–Crippen LogP) is 7.83. The molecule has 9 nitrogen and oxygen atoms in total. The van der Waals surface area contributed by atoms with Crippen LogP contribution in [0.25, 0.3) is 20.9 Å². The van der Waals surface area contributed by atoms with Crippen LogP contribution in [0, 0.1) is 0 Å². The Hall–Kier alpha value is -5.39. The third kappa shape index (κ3) is 5.91. The fourth-order valence-corrected chi connectivity index (χ4v) is 6.52. The molecule has 0 unspecified atom stereocenters. The van der Waals surface area contributed by atoms with Crippen LogP contribution in [-0.2, 0) is 0 Å². The minimum atomic E-state index is -0.188. The van der Waals surface area contributed by atoms with E-state index in [-0.39, 0.29) is 5.78 Å². The molecule has 0 saturated carbocycles. The Morgan fingerprint density at radius 1 is 0.636 bits per heavy atom. The number of hydrogen-bond acceptors (Lipinski definition) is 11. The van der Waals surface area contributed by atoms with Gasteiger partial charge in [0.25, 0.3) is 0 Å². The Bertz CT molecular complexity index is 1800. The molecule has 4 aromatic carbocycles. The smallest absolute Gasteiger partial charge is 0.193 e. The molecule has 220 valence electrons.